The second-order valence-electron chi connectivity index (χ2n) is 2.77. The second-order valence-corrected chi connectivity index (χ2v) is 2.77. The summed E-state index contributed by atoms with van der Waals surface area (Å²) in [5.41, 5.74) is 0. The second kappa shape index (κ2) is 7.73. The molecule has 0 heterocycles. The number of ketones is 1. The van der Waals surface area contributed by atoms with E-state index in [4.69, 9.17) is 4.74 Å². The van der Waals surface area contributed by atoms with E-state index in [0.717, 1.165) is 12.8 Å². The molecular formula is C9H16O4. The predicted molar refractivity (Wildman–Crippen MR) is 47.4 cm³/mol. The van der Waals surface area contributed by atoms with Crippen molar-refractivity contribution in [2.24, 2.45) is 0 Å². The van der Waals surface area contributed by atoms with Gasteiger partial charge in [-0.2, -0.15) is 0 Å². The molecule has 76 valence electrons. The third-order valence-electron chi connectivity index (χ3n) is 1.49. The molecular weight excluding hydrogens is 172 g/mol. The van der Waals surface area contributed by atoms with Gasteiger partial charge in [-0.1, -0.05) is 0 Å². The highest BCUT2D eigenvalue weighted by atomic mass is 16.5. The SMILES string of the molecule is COCCCCC(=O)COC(C)=O. The number of hydrogen-bond acceptors (Lipinski definition) is 4. The molecule has 0 amide bonds. The van der Waals surface area contributed by atoms with Crippen LogP contribution in [-0.2, 0) is 19.1 Å². The van der Waals surface area contributed by atoms with Crippen LogP contribution in [0.1, 0.15) is 26.2 Å². The molecule has 0 aromatic rings. The molecule has 0 aliphatic rings. The lowest BCUT2D eigenvalue weighted by atomic mass is 10.2. The van der Waals surface area contributed by atoms with Crippen LogP contribution < -0.4 is 0 Å². The van der Waals surface area contributed by atoms with E-state index in [9.17, 15) is 9.59 Å². The normalized spacial score (nSPS) is 9.69. The summed E-state index contributed by atoms with van der Waals surface area (Å²) in [6.07, 6.45) is 2.10. The van der Waals surface area contributed by atoms with E-state index in [1.54, 1.807) is 7.11 Å². The lowest BCUT2D eigenvalue weighted by Crippen LogP contribution is -2.11. The van der Waals surface area contributed by atoms with Crippen LogP contribution in [0.15, 0.2) is 0 Å². The fourth-order valence-corrected chi connectivity index (χ4v) is 0.823. The van der Waals surface area contributed by atoms with Crippen molar-refractivity contribution in [2.75, 3.05) is 20.3 Å². The number of carbonyl (C=O) groups is 2. The van der Waals surface area contributed by atoms with Gasteiger partial charge in [0.2, 0.25) is 0 Å². The topological polar surface area (TPSA) is 52.6 Å². The lowest BCUT2D eigenvalue weighted by molar-refractivity contribution is -0.145. The maximum Gasteiger partial charge on any atom is 0.303 e. The molecule has 0 aromatic heterocycles. The molecule has 0 atom stereocenters. The molecule has 0 radical (unpaired) electrons. The quantitative estimate of drug-likeness (QED) is 0.440. The van der Waals surface area contributed by atoms with Gasteiger partial charge < -0.3 is 9.47 Å². The number of unbranched alkanes of at least 4 members (excludes halogenated alkanes) is 1. The van der Waals surface area contributed by atoms with Gasteiger partial charge in [-0.05, 0) is 12.8 Å². The molecule has 0 aliphatic carbocycles. The zero-order valence-electron chi connectivity index (χ0n) is 8.17. The minimum atomic E-state index is -0.412. The van der Waals surface area contributed by atoms with Gasteiger partial charge in [0.25, 0.3) is 0 Å². The van der Waals surface area contributed by atoms with Crippen molar-refractivity contribution < 1.29 is 19.1 Å². The molecule has 0 rings (SSSR count). The van der Waals surface area contributed by atoms with Crippen LogP contribution in [0.3, 0.4) is 0 Å². The summed E-state index contributed by atoms with van der Waals surface area (Å²) < 4.78 is 9.37. The van der Waals surface area contributed by atoms with Gasteiger partial charge in [0, 0.05) is 27.1 Å². The average Bonchev–Trinajstić information content (AvgIpc) is 2.09. The molecule has 4 heteroatoms. The Bertz CT molecular complexity index is 165. The standard InChI is InChI=1S/C9H16O4/c1-8(10)13-7-9(11)5-3-4-6-12-2/h3-7H2,1-2H3. The van der Waals surface area contributed by atoms with E-state index >= 15 is 0 Å². The molecule has 13 heavy (non-hydrogen) atoms. The monoisotopic (exact) mass is 188 g/mol. The van der Waals surface area contributed by atoms with E-state index in [2.05, 4.69) is 4.74 Å². The lowest BCUT2D eigenvalue weighted by Gasteiger charge is -2.01. The van der Waals surface area contributed by atoms with Crippen LogP contribution in [0.25, 0.3) is 0 Å². The van der Waals surface area contributed by atoms with E-state index in [1.165, 1.54) is 6.92 Å². The van der Waals surface area contributed by atoms with E-state index < -0.39 is 5.97 Å². The first-order chi connectivity index (χ1) is 6.16. The predicted octanol–water partition coefficient (Wildman–Crippen LogP) is 0.935. The van der Waals surface area contributed by atoms with Gasteiger partial charge in [0.1, 0.15) is 6.61 Å². The summed E-state index contributed by atoms with van der Waals surface area (Å²) >= 11 is 0. The number of ether oxygens (including phenoxy) is 2. The Balaban J connectivity index is 3.25. The Kier molecular flexibility index (Phi) is 7.20. The van der Waals surface area contributed by atoms with Crippen molar-refractivity contribution in [1.29, 1.82) is 0 Å². The number of hydrogen-bond donors (Lipinski definition) is 0. The summed E-state index contributed by atoms with van der Waals surface area (Å²) in [5.74, 6) is -0.448. The Morgan fingerprint density at radius 1 is 1.23 bits per heavy atom. The summed E-state index contributed by atoms with van der Waals surface area (Å²) in [6.45, 7) is 1.86. The summed E-state index contributed by atoms with van der Waals surface area (Å²) in [5, 5.41) is 0. The van der Waals surface area contributed by atoms with Gasteiger partial charge in [-0.15, -0.1) is 0 Å². The Morgan fingerprint density at radius 2 is 1.92 bits per heavy atom. The van der Waals surface area contributed by atoms with Crippen molar-refractivity contribution in [3.8, 4) is 0 Å². The maximum atomic E-state index is 11.0. The number of methoxy groups -OCH3 is 1. The minimum absolute atomic E-state index is 0.0358. The molecule has 0 fully saturated rings. The zero-order valence-corrected chi connectivity index (χ0v) is 8.17. The average molecular weight is 188 g/mol. The van der Waals surface area contributed by atoms with Crippen LogP contribution in [0, 0.1) is 0 Å². The Hall–Kier alpha value is -0.900. The van der Waals surface area contributed by atoms with Crippen LogP contribution >= 0.6 is 0 Å². The minimum Gasteiger partial charge on any atom is -0.458 e. The smallest absolute Gasteiger partial charge is 0.303 e. The van der Waals surface area contributed by atoms with Gasteiger partial charge in [-0.3, -0.25) is 9.59 Å². The van der Waals surface area contributed by atoms with Crippen LogP contribution in [0.4, 0.5) is 0 Å². The number of carbonyl (C=O) groups excluding carboxylic acids is 2. The van der Waals surface area contributed by atoms with Gasteiger partial charge >= 0.3 is 5.97 Å². The highest BCUT2D eigenvalue weighted by Crippen LogP contribution is 1.97. The van der Waals surface area contributed by atoms with Gasteiger partial charge in [-0.25, -0.2) is 0 Å². The summed E-state index contributed by atoms with van der Waals surface area (Å²) in [4.78, 5) is 21.3. The Morgan fingerprint density at radius 3 is 2.46 bits per heavy atom. The molecule has 0 saturated heterocycles. The van der Waals surface area contributed by atoms with E-state index in [1.807, 2.05) is 0 Å². The largest absolute Gasteiger partial charge is 0.458 e. The van der Waals surface area contributed by atoms with Gasteiger partial charge in [0.05, 0.1) is 0 Å². The Labute approximate surface area is 78.2 Å². The van der Waals surface area contributed by atoms with Crippen molar-refractivity contribution in [1.82, 2.24) is 0 Å². The van der Waals surface area contributed by atoms with E-state index in [0.29, 0.717) is 13.0 Å². The molecule has 0 saturated carbocycles. The van der Waals surface area contributed by atoms with Crippen LogP contribution in [-0.4, -0.2) is 32.1 Å². The first kappa shape index (κ1) is 12.1. The van der Waals surface area contributed by atoms with E-state index in [-0.39, 0.29) is 12.4 Å². The van der Waals surface area contributed by atoms with Gasteiger partial charge in [0.15, 0.2) is 5.78 Å². The maximum absolute atomic E-state index is 11.0. The molecule has 0 spiro atoms. The summed E-state index contributed by atoms with van der Waals surface area (Å²) in [6, 6.07) is 0. The molecule has 0 bridgehead atoms. The third-order valence-corrected chi connectivity index (χ3v) is 1.49. The first-order valence-electron chi connectivity index (χ1n) is 4.31. The highest BCUT2D eigenvalue weighted by molar-refractivity contribution is 5.81. The number of esters is 1. The number of Topliss-reactive ketones (excluding diaryl/α,β-unsaturated/α-hetero) is 1. The number of rotatable bonds is 7. The highest BCUT2D eigenvalue weighted by Gasteiger charge is 2.03. The molecule has 0 unspecified atom stereocenters. The van der Waals surface area contributed by atoms with Crippen LogP contribution in [0.5, 0.6) is 0 Å². The third kappa shape index (κ3) is 9.01. The van der Waals surface area contributed by atoms with Crippen molar-refractivity contribution >= 4 is 11.8 Å². The molecule has 0 aliphatic heterocycles. The molecule has 4 nitrogen and oxygen atoms in total. The first-order valence-corrected chi connectivity index (χ1v) is 4.31. The fourth-order valence-electron chi connectivity index (χ4n) is 0.823. The molecule has 0 N–H and O–H groups in total. The summed E-state index contributed by atoms with van der Waals surface area (Å²) in [7, 11) is 1.63. The van der Waals surface area contributed by atoms with Crippen molar-refractivity contribution in [3.05, 3.63) is 0 Å². The van der Waals surface area contributed by atoms with Crippen LogP contribution in [0.2, 0.25) is 0 Å². The zero-order chi connectivity index (χ0) is 10.1. The molecule has 0 aromatic carbocycles. The van der Waals surface area contributed by atoms with Crippen molar-refractivity contribution in [2.45, 2.75) is 26.2 Å². The fraction of sp³-hybridized carbons (Fsp3) is 0.778. The van der Waals surface area contributed by atoms with Crippen molar-refractivity contribution in [3.63, 3.8) is 0 Å².